The molecule has 47 heavy (non-hydrogen) atoms. The zero-order chi connectivity index (χ0) is 31.5. The van der Waals surface area contributed by atoms with Crippen molar-refractivity contribution in [2.75, 3.05) is 4.90 Å². The van der Waals surface area contributed by atoms with Crippen LogP contribution in [0.3, 0.4) is 0 Å². The summed E-state index contributed by atoms with van der Waals surface area (Å²) < 4.78 is 2.33. The molecule has 0 saturated heterocycles. The van der Waals surface area contributed by atoms with Gasteiger partial charge < -0.3 is 9.47 Å². The van der Waals surface area contributed by atoms with Gasteiger partial charge in [0.15, 0.2) is 0 Å². The maximum absolute atomic E-state index is 2.41. The number of fused-ring (bicyclic) bond motifs is 5. The summed E-state index contributed by atoms with van der Waals surface area (Å²) in [5.74, 6) is 0. The normalized spacial score (nSPS) is 13.1. The Morgan fingerprint density at radius 2 is 1.11 bits per heavy atom. The molecule has 1 aromatic heterocycles. The molecule has 8 aromatic rings. The summed E-state index contributed by atoms with van der Waals surface area (Å²) in [5.41, 5.74) is 13.5. The summed E-state index contributed by atoms with van der Waals surface area (Å²) in [6, 6.07) is 59.7. The molecule has 2 nitrogen and oxygen atoms in total. The average Bonchev–Trinajstić information content (AvgIpc) is 3.64. The highest BCUT2D eigenvalue weighted by molar-refractivity contribution is 5.91. The summed E-state index contributed by atoms with van der Waals surface area (Å²) >= 11 is 0. The molecule has 0 spiro atoms. The Hall–Kier alpha value is -5.86. The van der Waals surface area contributed by atoms with E-state index in [-0.39, 0.29) is 5.41 Å². The quantitative estimate of drug-likeness (QED) is 0.190. The van der Waals surface area contributed by atoms with Gasteiger partial charge in [0.05, 0.1) is 5.52 Å². The summed E-state index contributed by atoms with van der Waals surface area (Å²) in [6.45, 7) is 4.74. The second-order valence-corrected chi connectivity index (χ2v) is 13.1. The molecule has 0 atom stereocenters. The third-order valence-electron chi connectivity index (χ3n) is 9.98. The summed E-state index contributed by atoms with van der Waals surface area (Å²) in [5, 5.41) is 3.73. The van der Waals surface area contributed by atoms with Gasteiger partial charge in [-0.25, -0.2) is 0 Å². The predicted octanol–water partition coefficient (Wildman–Crippen LogP) is 12.2. The fourth-order valence-corrected chi connectivity index (χ4v) is 7.52. The second-order valence-electron chi connectivity index (χ2n) is 13.1. The second kappa shape index (κ2) is 10.6. The standard InChI is InChI=1S/C45H34N2/c1-45(2)42-29-37(46-26-25-35-27-34(18-24-44(35)46)31-11-5-3-6-12-31)20-22-40(42)41-23-21-39(30-43(41)45)47(36-15-7-4-8-16-36)38-19-17-32-13-9-10-14-33(32)28-38/h3-30H,1-2H3. The average molecular weight is 603 g/mol. The largest absolute Gasteiger partial charge is 0.317 e. The van der Waals surface area contributed by atoms with Crippen LogP contribution in [-0.2, 0) is 5.41 Å². The molecular formula is C45H34N2. The van der Waals surface area contributed by atoms with Gasteiger partial charge in [-0.1, -0.05) is 111 Å². The molecule has 1 aliphatic carbocycles. The molecule has 224 valence electrons. The summed E-state index contributed by atoms with van der Waals surface area (Å²) in [6.07, 6.45) is 2.20. The molecule has 0 unspecified atom stereocenters. The minimum absolute atomic E-state index is 0.161. The minimum atomic E-state index is -0.161. The van der Waals surface area contributed by atoms with Crippen LogP contribution in [0.25, 0.3) is 49.6 Å². The molecule has 0 bridgehead atoms. The Kier molecular flexibility index (Phi) is 6.20. The van der Waals surface area contributed by atoms with Crippen molar-refractivity contribution in [1.82, 2.24) is 4.57 Å². The van der Waals surface area contributed by atoms with Gasteiger partial charge in [0.1, 0.15) is 0 Å². The lowest BCUT2D eigenvalue weighted by Gasteiger charge is -2.28. The SMILES string of the molecule is CC1(C)c2cc(N(c3ccccc3)c3ccc4ccccc4c3)ccc2-c2ccc(-n3ccc4cc(-c5ccccc5)ccc43)cc21. The van der Waals surface area contributed by atoms with Crippen molar-refractivity contribution in [3.05, 3.63) is 181 Å². The molecule has 0 amide bonds. The molecule has 1 aliphatic rings. The molecule has 0 saturated carbocycles. The first-order valence-electron chi connectivity index (χ1n) is 16.3. The lowest BCUT2D eigenvalue weighted by Crippen LogP contribution is -2.17. The monoisotopic (exact) mass is 602 g/mol. The van der Waals surface area contributed by atoms with Gasteiger partial charge in [-0.2, -0.15) is 0 Å². The maximum Gasteiger partial charge on any atom is 0.0528 e. The topological polar surface area (TPSA) is 8.17 Å². The first-order valence-corrected chi connectivity index (χ1v) is 16.3. The number of benzene rings is 7. The maximum atomic E-state index is 2.41. The molecule has 0 N–H and O–H groups in total. The fourth-order valence-electron chi connectivity index (χ4n) is 7.52. The van der Waals surface area contributed by atoms with E-state index >= 15 is 0 Å². The molecule has 0 aliphatic heterocycles. The van der Waals surface area contributed by atoms with Crippen LogP contribution in [0.4, 0.5) is 17.1 Å². The number of hydrogen-bond acceptors (Lipinski definition) is 1. The van der Waals surface area contributed by atoms with Gasteiger partial charge in [-0.15, -0.1) is 0 Å². The van der Waals surface area contributed by atoms with Crippen molar-refractivity contribution in [2.24, 2.45) is 0 Å². The third kappa shape index (κ3) is 4.48. The minimum Gasteiger partial charge on any atom is -0.317 e. The van der Waals surface area contributed by atoms with Crippen molar-refractivity contribution in [3.8, 4) is 27.9 Å². The first-order chi connectivity index (χ1) is 23.0. The van der Waals surface area contributed by atoms with Crippen molar-refractivity contribution in [3.63, 3.8) is 0 Å². The van der Waals surface area contributed by atoms with E-state index in [1.54, 1.807) is 0 Å². The van der Waals surface area contributed by atoms with E-state index in [4.69, 9.17) is 0 Å². The Bertz CT molecular complexity index is 2430. The fraction of sp³-hybridized carbons (Fsp3) is 0.0667. The number of para-hydroxylation sites is 1. The van der Waals surface area contributed by atoms with Gasteiger partial charge in [-0.05, 0) is 111 Å². The smallest absolute Gasteiger partial charge is 0.0528 e. The van der Waals surface area contributed by atoms with Crippen LogP contribution in [0.5, 0.6) is 0 Å². The van der Waals surface area contributed by atoms with Gasteiger partial charge in [-0.3, -0.25) is 0 Å². The Balaban J connectivity index is 1.12. The molecule has 0 radical (unpaired) electrons. The molecular weight excluding hydrogens is 569 g/mol. The van der Waals surface area contributed by atoms with Crippen LogP contribution >= 0.6 is 0 Å². The molecule has 2 heteroatoms. The van der Waals surface area contributed by atoms with Gasteiger partial charge >= 0.3 is 0 Å². The Morgan fingerprint density at radius 3 is 1.91 bits per heavy atom. The van der Waals surface area contributed by atoms with Crippen LogP contribution in [-0.4, -0.2) is 4.57 Å². The Labute approximate surface area is 275 Å². The van der Waals surface area contributed by atoms with Crippen LogP contribution in [0.1, 0.15) is 25.0 Å². The Morgan fingerprint density at radius 1 is 0.447 bits per heavy atom. The summed E-state index contributed by atoms with van der Waals surface area (Å²) in [4.78, 5) is 2.38. The van der Waals surface area contributed by atoms with Crippen molar-refractivity contribution >= 4 is 38.7 Å². The molecule has 7 aromatic carbocycles. The zero-order valence-electron chi connectivity index (χ0n) is 26.6. The lowest BCUT2D eigenvalue weighted by atomic mass is 9.82. The lowest BCUT2D eigenvalue weighted by molar-refractivity contribution is 0.660. The van der Waals surface area contributed by atoms with Crippen molar-refractivity contribution < 1.29 is 0 Å². The first kappa shape index (κ1) is 27.5. The van der Waals surface area contributed by atoms with E-state index in [1.165, 1.54) is 60.7 Å². The number of anilines is 3. The van der Waals surface area contributed by atoms with E-state index in [0.29, 0.717) is 0 Å². The van der Waals surface area contributed by atoms with Crippen LogP contribution < -0.4 is 4.90 Å². The van der Waals surface area contributed by atoms with E-state index < -0.39 is 0 Å². The molecule has 0 fully saturated rings. The van der Waals surface area contributed by atoms with Crippen molar-refractivity contribution in [1.29, 1.82) is 0 Å². The van der Waals surface area contributed by atoms with E-state index in [9.17, 15) is 0 Å². The van der Waals surface area contributed by atoms with Crippen LogP contribution in [0.15, 0.2) is 170 Å². The number of nitrogens with zero attached hydrogens (tertiary/aromatic N) is 2. The van der Waals surface area contributed by atoms with Crippen LogP contribution in [0, 0.1) is 0 Å². The van der Waals surface area contributed by atoms with Gasteiger partial charge in [0, 0.05) is 39.7 Å². The highest BCUT2D eigenvalue weighted by Crippen LogP contribution is 2.51. The van der Waals surface area contributed by atoms with E-state index in [0.717, 1.165) is 17.1 Å². The zero-order valence-corrected chi connectivity index (χ0v) is 26.6. The molecule has 9 rings (SSSR count). The number of aromatic nitrogens is 1. The third-order valence-corrected chi connectivity index (χ3v) is 9.98. The van der Waals surface area contributed by atoms with Gasteiger partial charge in [0.2, 0.25) is 0 Å². The number of rotatable bonds is 5. The van der Waals surface area contributed by atoms with Crippen LogP contribution in [0.2, 0.25) is 0 Å². The number of hydrogen-bond donors (Lipinski definition) is 0. The highest BCUT2D eigenvalue weighted by Gasteiger charge is 2.36. The predicted molar refractivity (Wildman–Crippen MR) is 198 cm³/mol. The van der Waals surface area contributed by atoms with Gasteiger partial charge in [0.25, 0.3) is 0 Å². The highest BCUT2D eigenvalue weighted by atomic mass is 15.1. The van der Waals surface area contributed by atoms with E-state index in [2.05, 4.69) is 193 Å². The van der Waals surface area contributed by atoms with Crippen molar-refractivity contribution in [2.45, 2.75) is 19.3 Å². The summed E-state index contributed by atoms with van der Waals surface area (Å²) in [7, 11) is 0. The molecule has 1 heterocycles. The van der Waals surface area contributed by atoms with E-state index in [1.807, 2.05) is 0 Å².